The predicted octanol–water partition coefficient (Wildman–Crippen LogP) is 2.75. The fourth-order valence-corrected chi connectivity index (χ4v) is 3.55. The first-order chi connectivity index (χ1) is 8.42. The lowest BCUT2D eigenvalue weighted by Gasteiger charge is -2.18. The van der Waals surface area contributed by atoms with Crippen molar-refractivity contribution in [1.82, 2.24) is 5.32 Å². The smallest absolute Gasteiger partial charge is 0.0481 e. The summed E-state index contributed by atoms with van der Waals surface area (Å²) in [5.74, 6) is 2.09. The van der Waals surface area contributed by atoms with Crippen molar-refractivity contribution in [1.29, 1.82) is 0 Å². The van der Waals surface area contributed by atoms with E-state index in [0.717, 1.165) is 12.5 Å². The fraction of sp³-hybridized carbons (Fsp3) is 0.571. The molecule has 3 rings (SSSR count). The second-order valence-electron chi connectivity index (χ2n) is 5.00. The standard InChI is InChI=1S/C14H20N2S/c1(2-12-5-6-15-10-12)11-3-4-14-13(9-11)16-7-8-17-14/h3-4,9,12,15-16H,1-2,5-8,10H2. The normalized spacial score (nSPS) is 23.2. The van der Waals surface area contributed by atoms with Gasteiger partial charge in [0.25, 0.3) is 0 Å². The zero-order valence-electron chi connectivity index (χ0n) is 10.2. The van der Waals surface area contributed by atoms with Crippen LogP contribution in [0.2, 0.25) is 0 Å². The van der Waals surface area contributed by atoms with Gasteiger partial charge in [0.1, 0.15) is 0 Å². The van der Waals surface area contributed by atoms with Crippen LogP contribution in [0.3, 0.4) is 0 Å². The van der Waals surface area contributed by atoms with Gasteiger partial charge in [-0.05, 0) is 56.0 Å². The summed E-state index contributed by atoms with van der Waals surface area (Å²) in [6.45, 7) is 3.54. The van der Waals surface area contributed by atoms with Gasteiger partial charge in [0.2, 0.25) is 0 Å². The molecule has 2 heterocycles. The molecule has 1 atom stereocenters. The topological polar surface area (TPSA) is 24.1 Å². The zero-order valence-corrected chi connectivity index (χ0v) is 11.0. The summed E-state index contributed by atoms with van der Waals surface area (Å²) >= 11 is 1.97. The molecule has 2 aliphatic rings. The minimum absolute atomic E-state index is 0.897. The average Bonchev–Trinajstić information content (AvgIpc) is 2.89. The van der Waals surface area contributed by atoms with E-state index in [1.165, 1.54) is 54.3 Å². The molecule has 3 heteroatoms. The third kappa shape index (κ3) is 2.78. The molecule has 1 aromatic rings. The molecule has 0 saturated carbocycles. The second kappa shape index (κ2) is 5.32. The van der Waals surface area contributed by atoms with Crippen LogP contribution in [0.25, 0.3) is 0 Å². The number of nitrogens with one attached hydrogen (secondary N) is 2. The minimum Gasteiger partial charge on any atom is -0.383 e. The molecular formula is C14H20N2S. The summed E-state index contributed by atoms with van der Waals surface area (Å²) in [4.78, 5) is 1.42. The number of benzene rings is 1. The summed E-state index contributed by atoms with van der Waals surface area (Å²) in [7, 11) is 0. The van der Waals surface area contributed by atoms with E-state index < -0.39 is 0 Å². The van der Waals surface area contributed by atoms with Gasteiger partial charge in [-0.15, -0.1) is 11.8 Å². The van der Waals surface area contributed by atoms with E-state index >= 15 is 0 Å². The highest BCUT2D eigenvalue weighted by Crippen LogP contribution is 2.32. The molecule has 0 radical (unpaired) electrons. The lowest BCUT2D eigenvalue weighted by atomic mass is 9.98. The van der Waals surface area contributed by atoms with Crippen molar-refractivity contribution in [3.8, 4) is 0 Å². The summed E-state index contributed by atoms with van der Waals surface area (Å²) in [6.07, 6.45) is 3.92. The van der Waals surface area contributed by atoms with Crippen LogP contribution in [0.15, 0.2) is 23.1 Å². The Labute approximate surface area is 108 Å². The van der Waals surface area contributed by atoms with Gasteiger partial charge in [-0.3, -0.25) is 0 Å². The lowest BCUT2D eigenvalue weighted by Crippen LogP contribution is -2.11. The van der Waals surface area contributed by atoms with Crippen molar-refractivity contribution in [3.63, 3.8) is 0 Å². The van der Waals surface area contributed by atoms with Gasteiger partial charge < -0.3 is 10.6 Å². The van der Waals surface area contributed by atoms with E-state index in [9.17, 15) is 0 Å². The van der Waals surface area contributed by atoms with Gasteiger partial charge in [-0.1, -0.05) is 6.07 Å². The van der Waals surface area contributed by atoms with E-state index in [1.807, 2.05) is 11.8 Å². The molecule has 1 unspecified atom stereocenters. The van der Waals surface area contributed by atoms with Crippen LogP contribution in [0.1, 0.15) is 18.4 Å². The first kappa shape index (κ1) is 11.4. The van der Waals surface area contributed by atoms with Crippen LogP contribution in [-0.4, -0.2) is 25.4 Å². The number of hydrogen-bond acceptors (Lipinski definition) is 3. The van der Waals surface area contributed by atoms with Crippen molar-refractivity contribution in [3.05, 3.63) is 23.8 Å². The van der Waals surface area contributed by atoms with Crippen LogP contribution in [0, 0.1) is 5.92 Å². The Morgan fingerprint density at radius 2 is 2.29 bits per heavy atom. The largest absolute Gasteiger partial charge is 0.383 e. The van der Waals surface area contributed by atoms with E-state index in [1.54, 1.807) is 0 Å². The first-order valence-electron chi connectivity index (χ1n) is 6.62. The van der Waals surface area contributed by atoms with E-state index in [2.05, 4.69) is 28.8 Å². The Balaban J connectivity index is 1.62. The van der Waals surface area contributed by atoms with Crippen LogP contribution in [-0.2, 0) is 6.42 Å². The molecule has 0 amide bonds. The van der Waals surface area contributed by atoms with Gasteiger partial charge in [0.05, 0.1) is 0 Å². The van der Waals surface area contributed by atoms with Gasteiger partial charge in [-0.25, -0.2) is 0 Å². The van der Waals surface area contributed by atoms with Crippen molar-refractivity contribution < 1.29 is 0 Å². The molecule has 2 N–H and O–H groups in total. The molecular weight excluding hydrogens is 228 g/mol. The molecule has 0 aliphatic carbocycles. The SMILES string of the molecule is c1cc2c(cc1CCC1CCNC1)NCCS2. The zero-order chi connectivity index (χ0) is 11.5. The maximum atomic E-state index is 3.50. The lowest BCUT2D eigenvalue weighted by molar-refractivity contribution is 0.533. The third-order valence-corrected chi connectivity index (χ3v) is 4.80. The number of rotatable bonds is 3. The minimum atomic E-state index is 0.897. The summed E-state index contributed by atoms with van der Waals surface area (Å²) < 4.78 is 0. The monoisotopic (exact) mass is 248 g/mol. The van der Waals surface area contributed by atoms with Crippen LogP contribution in [0.5, 0.6) is 0 Å². The van der Waals surface area contributed by atoms with Crippen molar-refractivity contribution in [2.75, 3.05) is 30.7 Å². The molecule has 0 bridgehead atoms. The van der Waals surface area contributed by atoms with Crippen molar-refractivity contribution in [2.24, 2.45) is 5.92 Å². The van der Waals surface area contributed by atoms with Gasteiger partial charge in [-0.2, -0.15) is 0 Å². The molecule has 0 aromatic heterocycles. The molecule has 2 aliphatic heterocycles. The number of anilines is 1. The highest BCUT2D eigenvalue weighted by atomic mass is 32.2. The molecule has 1 fully saturated rings. The Bertz CT molecular complexity index is 386. The fourth-order valence-electron chi connectivity index (χ4n) is 2.67. The number of thioether (sulfide) groups is 1. The summed E-state index contributed by atoms with van der Waals surface area (Å²) in [5, 5.41) is 6.94. The summed E-state index contributed by atoms with van der Waals surface area (Å²) in [6, 6.07) is 6.94. The predicted molar refractivity (Wildman–Crippen MR) is 75.0 cm³/mol. The maximum Gasteiger partial charge on any atom is 0.0481 e. The highest BCUT2D eigenvalue weighted by Gasteiger charge is 2.15. The van der Waals surface area contributed by atoms with Crippen LogP contribution in [0.4, 0.5) is 5.69 Å². The van der Waals surface area contributed by atoms with Crippen LogP contribution < -0.4 is 10.6 Å². The number of aryl methyl sites for hydroxylation is 1. The molecule has 1 aromatic carbocycles. The van der Waals surface area contributed by atoms with Gasteiger partial charge in [0.15, 0.2) is 0 Å². The Hall–Kier alpha value is -0.670. The second-order valence-corrected chi connectivity index (χ2v) is 6.14. The Morgan fingerprint density at radius 3 is 3.18 bits per heavy atom. The average molecular weight is 248 g/mol. The Morgan fingerprint density at radius 1 is 1.29 bits per heavy atom. The Kier molecular flexibility index (Phi) is 3.57. The van der Waals surface area contributed by atoms with Gasteiger partial charge in [0, 0.05) is 22.9 Å². The first-order valence-corrected chi connectivity index (χ1v) is 7.61. The number of hydrogen-bond donors (Lipinski definition) is 2. The van der Waals surface area contributed by atoms with Gasteiger partial charge >= 0.3 is 0 Å². The molecule has 1 saturated heterocycles. The highest BCUT2D eigenvalue weighted by molar-refractivity contribution is 7.99. The maximum absolute atomic E-state index is 3.50. The number of fused-ring (bicyclic) bond motifs is 1. The molecule has 0 spiro atoms. The van der Waals surface area contributed by atoms with E-state index in [0.29, 0.717) is 0 Å². The molecule has 2 nitrogen and oxygen atoms in total. The molecule has 17 heavy (non-hydrogen) atoms. The third-order valence-electron chi connectivity index (χ3n) is 3.72. The van der Waals surface area contributed by atoms with Crippen LogP contribution >= 0.6 is 11.8 Å². The summed E-state index contributed by atoms with van der Waals surface area (Å²) in [5.41, 5.74) is 2.84. The quantitative estimate of drug-likeness (QED) is 0.860. The molecule has 92 valence electrons. The van der Waals surface area contributed by atoms with E-state index in [4.69, 9.17) is 0 Å². The van der Waals surface area contributed by atoms with E-state index in [-0.39, 0.29) is 0 Å². The van der Waals surface area contributed by atoms with Crippen molar-refractivity contribution >= 4 is 17.4 Å². The van der Waals surface area contributed by atoms with Crippen molar-refractivity contribution in [2.45, 2.75) is 24.2 Å².